The van der Waals surface area contributed by atoms with Crippen LogP contribution in [0.4, 0.5) is 22.7 Å². The molecule has 1 saturated heterocycles. The molecule has 0 aliphatic carbocycles. The Morgan fingerprint density at radius 3 is 1.93 bits per heavy atom. The van der Waals surface area contributed by atoms with Crippen LogP contribution in [-0.2, 0) is 9.53 Å². The van der Waals surface area contributed by atoms with E-state index in [1.165, 1.54) is 24.3 Å². The normalized spacial score (nSPS) is 22.4. The van der Waals surface area contributed by atoms with Crippen molar-refractivity contribution < 1.29 is 50.0 Å². The molecule has 43 heavy (non-hydrogen) atoms. The number of ether oxygens (including phenoxy) is 1. The molecule has 1 aliphatic heterocycles. The SMILES string of the molecule is O=C(O)[C@@H](O)CNc1ccc([N+](=O)[O-])c2n[se]nc12.O=[N+]([O-])c1ccc(N[C@H]2C(O)O[C@H](CO)[C@@H](O)[C@@H]2O)c2n[se]nc12. The summed E-state index contributed by atoms with van der Waals surface area (Å²) in [7, 11) is 0. The number of benzene rings is 2. The molecule has 0 spiro atoms. The number of aliphatic hydroxyl groups excluding tert-OH is 5. The number of aliphatic carboxylic acids is 1. The van der Waals surface area contributed by atoms with Gasteiger partial charge in [0.05, 0.1) is 0 Å². The van der Waals surface area contributed by atoms with Crippen LogP contribution in [0.1, 0.15) is 0 Å². The number of aliphatic hydroxyl groups is 5. The number of nitrogens with one attached hydrogen (secondary N) is 2. The van der Waals surface area contributed by atoms with Crippen LogP contribution in [0.15, 0.2) is 24.3 Å². The molecule has 0 amide bonds. The van der Waals surface area contributed by atoms with Crippen molar-refractivity contribution in [2.24, 2.45) is 0 Å². The number of non-ortho nitro benzene ring substituents is 2. The van der Waals surface area contributed by atoms with E-state index in [2.05, 4.69) is 26.6 Å². The fraction of sp³-hybridized carbons (Fsp3) is 0.381. The van der Waals surface area contributed by atoms with Crippen LogP contribution in [0.5, 0.6) is 0 Å². The fourth-order valence-corrected chi connectivity index (χ4v) is 6.37. The Bertz CT molecular complexity index is 1640. The second kappa shape index (κ2) is 13.7. The zero-order chi connectivity index (χ0) is 31.4. The molecule has 230 valence electrons. The molecule has 6 atom stereocenters. The molecule has 2 aromatic carbocycles. The van der Waals surface area contributed by atoms with Crippen molar-refractivity contribution in [3.05, 3.63) is 44.5 Å². The standard InChI is InChI=1S/C12H14N4O7Se.C9H8N4O5Se/c17-3-6-10(18)11(19)9(12(20)23-6)13-4-1-2-5(16(21)22)8-7(4)14-24-15-8;14-6(9(15)16)3-10-4-1-2-5(13(17)18)8-7(4)11-19-12-8/h1-2,6,9-13,17-20H,3H2;1-2,6,10,14H,3H2,(H,15,16)/t6-,9-,10-,11-,12?;6-/m10/s1. The first-order valence-corrected chi connectivity index (χ1v) is 15.0. The number of hydrogen-bond donors (Lipinski definition) is 8. The monoisotopic (exact) mass is 738 g/mol. The number of rotatable bonds is 9. The summed E-state index contributed by atoms with van der Waals surface area (Å²) < 4.78 is 21.3. The molecule has 0 radical (unpaired) electrons. The number of anilines is 2. The Morgan fingerprint density at radius 2 is 1.42 bits per heavy atom. The van der Waals surface area contributed by atoms with E-state index in [0.29, 0.717) is 16.9 Å². The molecule has 3 heterocycles. The van der Waals surface area contributed by atoms with Crippen molar-refractivity contribution in [3.63, 3.8) is 0 Å². The minimum atomic E-state index is -1.56. The Labute approximate surface area is 251 Å². The van der Waals surface area contributed by atoms with E-state index < -0.39 is 89.1 Å². The zero-order valence-corrected chi connectivity index (χ0v) is 24.7. The minimum absolute atomic E-state index is 0.137. The van der Waals surface area contributed by atoms with Crippen molar-refractivity contribution >= 4 is 80.7 Å². The van der Waals surface area contributed by atoms with Gasteiger partial charge in [-0.3, -0.25) is 0 Å². The molecular formula is C21H22N8O12Se2. The van der Waals surface area contributed by atoms with Gasteiger partial charge in [-0.2, -0.15) is 0 Å². The van der Waals surface area contributed by atoms with Crippen molar-refractivity contribution in [1.82, 2.24) is 15.9 Å². The first kappa shape index (κ1) is 32.2. The summed E-state index contributed by atoms with van der Waals surface area (Å²) in [6, 6.07) is 4.22. The van der Waals surface area contributed by atoms with E-state index in [9.17, 15) is 40.3 Å². The van der Waals surface area contributed by atoms with Gasteiger partial charge in [-0.05, 0) is 0 Å². The quantitative estimate of drug-likeness (QED) is 0.0491. The molecule has 0 saturated carbocycles. The molecule has 4 aromatic rings. The summed E-state index contributed by atoms with van der Waals surface area (Å²) in [6.07, 6.45) is -7.02. The summed E-state index contributed by atoms with van der Waals surface area (Å²) in [5.74, 6) is -1.35. The van der Waals surface area contributed by atoms with Gasteiger partial charge in [-0.25, -0.2) is 0 Å². The summed E-state index contributed by atoms with van der Waals surface area (Å²) in [5.41, 5.74) is 1.36. The van der Waals surface area contributed by atoms with Gasteiger partial charge < -0.3 is 0 Å². The molecule has 1 unspecified atom stereocenters. The van der Waals surface area contributed by atoms with Crippen LogP contribution in [-0.4, -0.2) is 142 Å². The maximum atomic E-state index is 11.0. The third-order valence-electron chi connectivity index (χ3n) is 6.17. The third kappa shape index (κ3) is 6.94. The van der Waals surface area contributed by atoms with Crippen molar-refractivity contribution in [3.8, 4) is 0 Å². The van der Waals surface area contributed by atoms with Gasteiger partial charge in [0, 0.05) is 0 Å². The van der Waals surface area contributed by atoms with E-state index in [4.69, 9.17) is 20.1 Å². The van der Waals surface area contributed by atoms with E-state index in [1.807, 2.05) is 0 Å². The second-order valence-electron chi connectivity index (χ2n) is 8.84. The van der Waals surface area contributed by atoms with Gasteiger partial charge in [-0.15, -0.1) is 0 Å². The van der Waals surface area contributed by atoms with E-state index in [-0.39, 0.29) is 34.5 Å². The number of carbonyl (C=O) groups is 1. The second-order valence-corrected chi connectivity index (χ2v) is 11.1. The van der Waals surface area contributed by atoms with Gasteiger partial charge in [0.2, 0.25) is 0 Å². The molecule has 22 heteroatoms. The molecular weight excluding hydrogens is 714 g/mol. The molecule has 0 bridgehead atoms. The maximum absolute atomic E-state index is 11.0. The van der Waals surface area contributed by atoms with Crippen LogP contribution in [0.2, 0.25) is 0 Å². The molecule has 5 rings (SSSR count). The zero-order valence-electron chi connectivity index (χ0n) is 21.3. The Balaban J connectivity index is 0.000000203. The molecule has 2 aromatic heterocycles. The number of aromatic nitrogens is 4. The number of carboxylic acid groups (broad SMARTS) is 1. The van der Waals surface area contributed by atoms with Crippen LogP contribution < -0.4 is 10.6 Å². The van der Waals surface area contributed by atoms with Crippen LogP contribution >= 0.6 is 0 Å². The Kier molecular flexibility index (Phi) is 10.3. The average Bonchev–Trinajstić information content (AvgIpc) is 3.66. The molecule has 1 aliphatic rings. The van der Waals surface area contributed by atoms with Crippen LogP contribution in [0, 0.1) is 20.2 Å². The average molecular weight is 736 g/mol. The Morgan fingerprint density at radius 1 is 0.907 bits per heavy atom. The van der Waals surface area contributed by atoms with Gasteiger partial charge in [0.15, 0.2) is 0 Å². The number of nitro groups is 2. The van der Waals surface area contributed by atoms with Crippen molar-refractivity contribution in [2.45, 2.75) is 36.7 Å². The Hall–Kier alpha value is -3.69. The van der Waals surface area contributed by atoms with Gasteiger partial charge in [0.25, 0.3) is 0 Å². The predicted molar refractivity (Wildman–Crippen MR) is 146 cm³/mol. The predicted octanol–water partition coefficient (Wildman–Crippen LogP) is -2.74. The van der Waals surface area contributed by atoms with E-state index in [0.717, 1.165) is 0 Å². The van der Waals surface area contributed by atoms with E-state index >= 15 is 0 Å². The van der Waals surface area contributed by atoms with Gasteiger partial charge in [-0.1, -0.05) is 0 Å². The topological polar surface area (TPSA) is 310 Å². The fourth-order valence-electron chi connectivity index (χ4n) is 3.99. The number of fused-ring (bicyclic) bond motifs is 2. The van der Waals surface area contributed by atoms with Crippen molar-refractivity contribution in [2.75, 3.05) is 23.8 Å². The molecule has 8 N–H and O–H groups in total. The number of nitrogens with zero attached hydrogens (tertiary/aromatic N) is 6. The molecule has 1 fully saturated rings. The van der Waals surface area contributed by atoms with E-state index in [1.54, 1.807) is 0 Å². The van der Waals surface area contributed by atoms with Crippen LogP contribution in [0.3, 0.4) is 0 Å². The first-order valence-electron chi connectivity index (χ1n) is 12.0. The summed E-state index contributed by atoms with van der Waals surface area (Å²) in [6.45, 7) is -0.784. The first-order chi connectivity index (χ1) is 20.4. The van der Waals surface area contributed by atoms with Gasteiger partial charge >= 0.3 is 252 Å². The molecule has 20 nitrogen and oxygen atoms in total. The number of hydrogen-bond acceptors (Lipinski definition) is 17. The van der Waals surface area contributed by atoms with Gasteiger partial charge in [0.1, 0.15) is 0 Å². The number of carboxylic acids is 1. The summed E-state index contributed by atoms with van der Waals surface area (Å²) in [4.78, 5) is 31.2. The summed E-state index contributed by atoms with van der Waals surface area (Å²) in [5, 5.41) is 84.1. The van der Waals surface area contributed by atoms with Crippen molar-refractivity contribution in [1.29, 1.82) is 0 Å². The number of nitro benzene ring substituents is 2. The third-order valence-corrected chi connectivity index (χ3v) is 8.39. The summed E-state index contributed by atoms with van der Waals surface area (Å²) >= 11 is -0.969. The van der Waals surface area contributed by atoms with Crippen LogP contribution in [0.25, 0.3) is 22.1 Å².